The maximum absolute atomic E-state index is 12.1. The minimum atomic E-state index is -0.534. The Bertz CT molecular complexity index is 925. The fourth-order valence-electron chi connectivity index (χ4n) is 2.17. The van der Waals surface area contributed by atoms with Gasteiger partial charge in [0.05, 0.1) is 4.92 Å². The molecule has 1 aromatic heterocycles. The number of aromatic nitrogens is 1. The lowest BCUT2D eigenvalue weighted by atomic mass is 10.1. The summed E-state index contributed by atoms with van der Waals surface area (Å²) in [5, 5.41) is 22.3. The predicted octanol–water partition coefficient (Wildman–Crippen LogP) is 1.88. The molecule has 0 saturated heterocycles. The van der Waals surface area contributed by atoms with Crippen molar-refractivity contribution in [2.75, 3.05) is 5.32 Å². The average Bonchev–Trinajstić information content (AvgIpc) is 2.52. The van der Waals surface area contributed by atoms with Gasteiger partial charge in [0.1, 0.15) is 18.2 Å². The smallest absolute Gasteiger partial charge is 0.269 e. The number of carbonyl (C=O) groups excluding carboxylic acids is 1. The number of hydrogen-bond acceptors (Lipinski definition) is 5. The number of amides is 1. The average molecular weight is 326 g/mol. The second kappa shape index (κ2) is 6.75. The molecule has 8 heteroatoms. The number of carbonyl (C=O) groups is 1. The van der Waals surface area contributed by atoms with E-state index in [1.807, 2.05) is 6.07 Å². The Hall–Kier alpha value is -3.47. The van der Waals surface area contributed by atoms with E-state index in [1.165, 1.54) is 24.4 Å². The summed E-state index contributed by atoms with van der Waals surface area (Å²) in [4.78, 5) is 34.4. The molecule has 1 aromatic carbocycles. The number of nitro groups is 1. The zero-order valence-electron chi connectivity index (χ0n) is 13.1. The number of hydrogen-bond donors (Lipinski definition) is 1. The van der Waals surface area contributed by atoms with Crippen LogP contribution in [0.4, 0.5) is 11.4 Å². The first-order chi connectivity index (χ1) is 11.3. The normalized spacial score (nSPS) is 10.0. The highest BCUT2D eigenvalue weighted by Gasteiger charge is 2.12. The number of nitrogens with one attached hydrogen (secondary N) is 1. The van der Waals surface area contributed by atoms with E-state index in [0.29, 0.717) is 16.8 Å². The van der Waals surface area contributed by atoms with Crippen molar-refractivity contribution in [2.45, 2.75) is 20.4 Å². The number of pyridine rings is 1. The minimum absolute atomic E-state index is 0.00295. The van der Waals surface area contributed by atoms with Gasteiger partial charge in [-0.3, -0.25) is 19.7 Å². The van der Waals surface area contributed by atoms with Gasteiger partial charge < -0.3 is 9.88 Å². The van der Waals surface area contributed by atoms with Crippen LogP contribution in [0.2, 0.25) is 0 Å². The number of non-ortho nitro benzene ring substituents is 1. The van der Waals surface area contributed by atoms with E-state index in [0.717, 1.165) is 4.57 Å². The molecule has 2 rings (SSSR count). The summed E-state index contributed by atoms with van der Waals surface area (Å²) in [7, 11) is 0. The first kappa shape index (κ1) is 16.9. The molecule has 0 radical (unpaired) electrons. The van der Waals surface area contributed by atoms with E-state index in [4.69, 9.17) is 5.26 Å². The monoisotopic (exact) mass is 326 g/mol. The van der Waals surface area contributed by atoms with Crippen molar-refractivity contribution in [3.8, 4) is 6.07 Å². The van der Waals surface area contributed by atoms with Gasteiger partial charge in [-0.05, 0) is 37.1 Å². The SMILES string of the molecule is Cc1cc([N+](=O)[O-])ccc1NC(=O)Cn1ccc(C)c(C#N)c1=O. The van der Waals surface area contributed by atoms with Crippen molar-refractivity contribution in [2.24, 2.45) is 0 Å². The molecule has 1 amide bonds. The predicted molar refractivity (Wildman–Crippen MR) is 86.6 cm³/mol. The second-order valence-electron chi connectivity index (χ2n) is 5.22. The largest absolute Gasteiger partial charge is 0.324 e. The fourth-order valence-corrected chi connectivity index (χ4v) is 2.17. The van der Waals surface area contributed by atoms with Crippen LogP contribution in [0, 0.1) is 35.3 Å². The van der Waals surface area contributed by atoms with Crippen LogP contribution < -0.4 is 10.9 Å². The Morgan fingerprint density at radius 3 is 2.62 bits per heavy atom. The highest BCUT2D eigenvalue weighted by atomic mass is 16.6. The third kappa shape index (κ3) is 3.47. The molecule has 0 spiro atoms. The maximum atomic E-state index is 12.1. The topological polar surface area (TPSA) is 118 Å². The summed E-state index contributed by atoms with van der Waals surface area (Å²) in [6.45, 7) is 3.02. The van der Waals surface area contributed by atoms with Crippen LogP contribution in [0.1, 0.15) is 16.7 Å². The standard InChI is InChI=1S/C16H14N4O4/c1-10-5-6-19(16(22)13(10)8-17)9-15(21)18-14-4-3-12(20(23)24)7-11(14)2/h3-7H,9H2,1-2H3,(H,18,21). The van der Waals surface area contributed by atoms with Gasteiger partial charge >= 0.3 is 0 Å². The van der Waals surface area contributed by atoms with Gasteiger partial charge in [0.15, 0.2) is 0 Å². The number of aryl methyl sites for hydroxylation is 2. The van der Waals surface area contributed by atoms with Crippen LogP contribution in [0.5, 0.6) is 0 Å². The number of benzene rings is 1. The summed E-state index contributed by atoms with van der Waals surface area (Å²) in [6, 6.07) is 7.48. The number of nitro benzene ring substituents is 1. The highest BCUT2D eigenvalue weighted by Crippen LogP contribution is 2.21. The van der Waals surface area contributed by atoms with E-state index in [-0.39, 0.29) is 17.8 Å². The van der Waals surface area contributed by atoms with Crippen molar-refractivity contribution in [1.29, 1.82) is 5.26 Å². The highest BCUT2D eigenvalue weighted by molar-refractivity contribution is 5.91. The molecule has 1 heterocycles. The van der Waals surface area contributed by atoms with Crippen LogP contribution in [0.15, 0.2) is 35.3 Å². The first-order valence-electron chi connectivity index (χ1n) is 6.98. The lowest BCUT2D eigenvalue weighted by molar-refractivity contribution is -0.384. The zero-order chi connectivity index (χ0) is 17.9. The molecule has 0 atom stereocenters. The first-order valence-corrected chi connectivity index (χ1v) is 6.98. The van der Waals surface area contributed by atoms with Crippen molar-refractivity contribution >= 4 is 17.3 Å². The molecule has 0 unspecified atom stereocenters. The van der Waals surface area contributed by atoms with E-state index in [2.05, 4.69) is 5.32 Å². The third-order valence-electron chi connectivity index (χ3n) is 3.49. The van der Waals surface area contributed by atoms with Gasteiger partial charge in [-0.15, -0.1) is 0 Å². The number of rotatable bonds is 4. The van der Waals surface area contributed by atoms with Crippen molar-refractivity contribution < 1.29 is 9.72 Å². The third-order valence-corrected chi connectivity index (χ3v) is 3.49. The molecule has 2 aromatic rings. The Kier molecular flexibility index (Phi) is 4.75. The van der Waals surface area contributed by atoms with Crippen LogP contribution >= 0.6 is 0 Å². The molecule has 0 aliphatic carbocycles. The summed E-state index contributed by atoms with van der Waals surface area (Å²) in [6.07, 6.45) is 1.45. The molecule has 8 nitrogen and oxygen atoms in total. The van der Waals surface area contributed by atoms with Gasteiger partial charge in [0.2, 0.25) is 5.91 Å². The summed E-state index contributed by atoms with van der Waals surface area (Å²) in [5.74, 6) is -0.471. The Morgan fingerprint density at radius 2 is 2.04 bits per heavy atom. The Balaban J connectivity index is 2.19. The van der Waals surface area contributed by atoms with E-state index in [9.17, 15) is 19.7 Å². The lowest BCUT2D eigenvalue weighted by Gasteiger charge is -2.10. The molecule has 0 fully saturated rings. The Labute approximate surface area is 137 Å². The molecule has 0 aliphatic rings. The molecule has 24 heavy (non-hydrogen) atoms. The lowest BCUT2D eigenvalue weighted by Crippen LogP contribution is -2.29. The van der Waals surface area contributed by atoms with Gasteiger partial charge in [-0.2, -0.15) is 5.26 Å². The van der Waals surface area contributed by atoms with Crippen LogP contribution in [0.25, 0.3) is 0 Å². The zero-order valence-corrected chi connectivity index (χ0v) is 13.1. The molecule has 0 bridgehead atoms. The van der Waals surface area contributed by atoms with Gasteiger partial charge in [-0.25, -0.2) is 0 Å². The van der Waals surface area contributed by atoms with Crippen LogP contribution in [-0.4, -0.2) is 15.4 Å². The fraction of sp³-hybridized carbons (Fsp3) is 0.188. The van der Waals surface area contributed by atoms with Gasteiger partial charge in [0, 0.05) is 24.0 Å². The van der Waals surface area contributed by atoms with E-state index < -0.39 is 16.4 Å². The number of nitrogens with zero attached hydrogens (tertiary/aromatic N) is 3. The molecular formula is C16H14N4O4. The minimum Gasteiger partial charge on any atom is -0.324 e. The molecule has 0 saturated carbocycles. The number of nitriles is 1. The summed E-state index contributed by atoms with van der Waals surface area (Å²) >= 11 is 0. The molecule has 1 N–H and O–H groups in total. The quantitative estimate of drug-likeness (QED) is 0.680. The Morgan fingerprint density at radius 1 is 1.33 bits per heavy atom. The second-order valence-corrected chi connectivity index (χ2v) is 5.22. The summed E-state index contributed by atoms with van der Waals surface area (Å²) in [5.41, 5.74) is 0.895. The van der Waals surface area contributed by atoms with Crippen molar-refractivity contribution in [1.82, 2.24) is 4.57 Å². The molecular weight excluding hydrogens is 312 g/mol. The summed E-state index contributed by atoms with van der Waals surface area (Å²) < 4.78 is 1.14. The molecule has 122 valence electrons. The van der Waals surface area contributed by atoms with Gasteiger partial charge in [-0.1, -0.05) is 0 Å². The maximum Gasteiger partial charge on any atom is 0.269 e. The van der Waals surface area contributed by atoms with E-state index in [1.54, 1.807) is 19.9 Å². The van der Waals surface area contributed by atoms with E-state index >= 15 is 0 Å². The van der Waals surface area contributed by atoms with Crippen LogP contribution in [-0.2, 0) is 11.3 Å². The van der Waals surface area contributed by atoms with Gasteiger partial charge in [0.25, 0.3) is 11.2 Å². The molecule has 0 aliphatic heterocycles. The van der Waals surface area contributed by atoms with Crippen molar-refractivity contribution in [3.63, 3.8) is 0 Å². The number of anilines is 1. The van der Waals surface area contributed by atoms with Crippen LogP contribution in [0.3, 0.4) is 0 Å². The van der Waals surface area contributed by atoms with Crippen molar-refractivity contribution in [3.05, 3.63) is 67.6 Å².